The van der Waals surface area contributed by atoms with E-state index in [4.69, 9.17) is 0 Å². The third-order valence-corrected chi connectivity index (χ3v) is 1.51. The molecule has 0 atom stereocenters. The van der Waals surface area contributed by atoms with Crippen molar-refractivity contribution in [2.45, 2.75) is 53.5 Å². The van der Waals surface area contributed by atoms with E-state index in [0.717, 1.165) is 12.3 Å². The average molecular weight is 169 g/mol. The Kier molecular flexibility index (Phi) is 4.36. The number of rotatable bonds is 3. The van der Waals surface area contributed by atoms with Gasteiger partial charge in [-0.1, -0.05) is 19.9 Å². The van der Waals surface area contributed by atoms with Gasteiger partial charge < -0.3 is 5.32 Å². The van der Waals surface area contributed by atoms with Crippen LogP contribution in [0, 0.1) is 5.92 Å². The third kappa shape index (κ3) is 6.26. The van der Waals surface area contributed by atoms with Gasteiger partial charge in [0.1, 0.15) is 0 Å². The monoisotopic (exact) mass is 169 g/mol. The Morgan fingerprint density at radius 2 is 1.83 bits per heavy atom. The van der Waals surface area contributed by atoms with Crippen LogP contribution in [0.5, 0.6) is 0 Å². The number of hydrogen-bond acceptors (Lipinski definition) is 1. The van der Waals surface area contributed by atoms with Crippen molar-refractivity contribution in [2.24, 2.45) is 5.92 Å². The van der Waals surface area contributed by atoms with E-state index in [1.54, 1.807) is 0 Å². The molecular formula is C11H23N. The lowest BCUT2D eigenvalue weighted by atomic mass is 10.0. The molecule has 0 rings (SSSR count). The van der Waals surface area contributed by atoms with Gasteiger partial charge in [-0.25, -0.2) is 0 Å². The quantitative estimate of drug-likeness (QED) is 0.683. The lowest BCUT2D eigenvalue weighted by Gasteiger charge is -2.25. The fraction of sp³-hybridized carbons (Fsp3) is 0.818. The molecule has 0 fully saturated rings. The topological polar surface area (TPSA) is 12.0 Å². The molecule has 72 valence electrons. The van der Waals surface area contributed by atoms with E-state index in [9.17, 15) is 0 Å². The Bertz CT molecular complexity index is 149. The summed E-state index contributed by atoms with van der Waals surface area (Å²) < 4.78 is 0. The zero-order valence-electron chi connectivity index (χ0n) is 9.36. The van der Waals surface area contributed by atoms with Gasteiger partial charge in [0.25, 0.3) is 0 Å². The Morgan fingerprint density at radius 3 is 2.08 bits per heavy atom. The smallest absolute Gasteiger partial charge is 0.0286 e. The summed E-state index contributed by atoms with van der Waals surface area (Å²) in [5.41, 5.74) is 1.55. The van der Waals surface area contributed by atoms with Crippen LogP contribution >= 0.6 is 0 Å². The third-order valence-electron chi connectivity index (χ3n) is 1.51. The van der Waals surface area contributed by atoms with Crippen LogP contribution in [0.15, 0.2) is 11.8 Å². The predicted molar refractivity (Wildman–Crippen MR) is 56.1 cm³/mol. The molecule has 0 aliphatic carbocycles. The molecule has 1 N–H and O–H groups in total. The Balaban J connectivity index is 4.03. The van der Waals surface area contributed by atoms with Gasteiger partial charge in [0, 0.05) is 11.2 Å². The Morgan fingerprint density at radius 1 is 1.33 bits per heavy atom. The molecule has 0 saturated heterocycles. The first kappa shape index (κ1) is 11.5. The van der Waals surface area contributed by atoms with Crippen LogP contribution in [0.25, 0.3) is 0 Å². The van der Waals surface area contributed by atoms with Crippen molar-refractivity contribution >= 4 is 0 Å². The van der Waals surface area contributed by atoms with Crippen LogP contribution in [0.2, 0.25) is 0 Å². The SMILES string of the molecule is C/C=C(\CC(C)C)NC(C)(C)C. The summed E-state index contributed by atoms with van der Waals surface area (Å²) in [6.07, 6.45) is 3.32. The molecular weight excluding hydrogens is 146 g/mol. The Labute approximate surface area is 77.2 Å². The van der Waals surface area contributed by atoms with Crippen molar-refractivity contribution in [3.05, 3.63) is 11.8 Å². The summed E-state index contributed by atoms with van der Waals surface area (Å²) in [5, 5.41) is 3.50. The van der Waals surface area contributed by atoms with Gasteiger partial charge in [0.15, 0.2) is 0 Å². The Hall–Kier alpha value is -0.460. The highest BCUT2D eigenvalue weighted by Gasteiger charge is 2.10. The predicted octanol–water partition coefficient (Wildman–Crippen LogP) is 3.32. The number of nitrogens with one attached hydrogen (secondary N) is 1. The second-order valence-electron chi connectivity index (χ2n) is 4.79. The lowest BCUT2D eigenvalue weighted by Crippen LogP contribution is -2.35. The van der Waals surface area contributed by atoms with E-state index in [1.165, 1.54) is 5.70 Å². The molecule has 0 saturated carbocycles. The second kappa shape index (κ2) is 4.54. The van der Waals surface area contributed by atoms with E-state index in [1.807, 2.05) is 0 Å². The maximum Gasteiger partial charge on any atom is 0.0286 e. The second-order valence-corrected chi connectivity index (χ2v) is 4.79. The minimum absolute atomic E-state index is 0.191. The van der Waals surface area contributed by atoms with Crippen molar-refractivity contribution < 1.29 is 0 Å². The highest BCUT2D eigenvalue weighted by atomic mass is 15.0. The molecule has 0 aromatic carbocycles. The molecule has 1 heteroatoms. The van der Waals surface area contributed by atoms with Crippen molar-refractivity contribution in [1.82, 2.24) is 5.32 Å². The van der Waals surface area contributed by atoms with Crippen molar-refractivity contribution in [3.8, 4) is 0 Å². The van der Waals surface area contributed by atoms with Gasteiger partial charge in [0.2, 0.25) is 0 Å². The average Bonchev–Trinajstić information content (AvgIpc) is 1.82. The van der Waals surface area contributed by atoms with Crippen LogP contribution in [-0.2, 0) is 0 Å². The minimum atomic E-state index is 0.191. The van der Waals surface area contributed by atoms with Crippen LogP contribution < -0.4 is 5.32 Å². The van der Waals surface area contributed by atoms with Gasteiger partial charge in [-0.05, 0) is 40.0 Å². The molecule has 0 aliphatic heterocycles. The van der Waals surface area contributed by atoms with Crippen LogP contribution in [0.1, 0.15) is 48.0 Å². The van der Waals surface area contributed by atoms with Gasteiger partial charge in [-0.3, -0.25) is 0 Å². The fourth-order valence-electron chi connectivity index (χ4n) is 1.16. The van der Waals surface area contributed by atoms with Crippen LogP contribution in [0.3, 0.4) is 0 Å². The number of hydrogen-bond donors (Lipinski definition) is 1. The summed E-state index contributed by atoms with van der Waals surface area (Å²) in [5.74, 6) is 0.728. The van der Waals surface area contributed by atoms with Crippen molar-refractivity contribution in [3.63, 3.8) is 0 Å². The van der Waals surface area contributed by atoms with E-state index in [-0.39, 0.29) is 5.54 Å². The first-order chi connectivity index (χ1) is 5.35. The highest BCUT2D eigenvalue weighted by molar-refractivity contribution is 5.01. The largest absolute Gasteiger partial charge is 0.384 e. The normalized spacial score (nSPS) is 13.8. The molecule has 0 amide bonds. The summed E-state index contributed by atoms with van der Waals surface area (Å²) in [4.78, 5) is 0. The van der Waals surface area contributed by atoms with E-state index < -0.39 is 0 Å². The molecule has 0 unspecified atom stereocenters. The first-order valence-corrected chi connectivity index (χ1v) is 4.78. The molecule has 0 aliphatic rings. The van der Waals surface area contributed by atoms with Crippen molar-refractivity contribution in [1.29, 1.82) is 0 Å². The fourth-order valence-corrected chi connectivity index (χ4v) is 1.16. The van der Waals surface area contributed by atoms with Crippen LogP contribution in [0.4, 0.5) is 0 Å². The summed E-state index contributed by atoms with van der Waals surface area (Å²) in [6.45, 7) is 13.2. The molecule has 0 aromatic heterocycles. The molecule has 0 aromatic rings. The molecule has 1 nitrogen and oxygen atoms in total. The highest BCUT2D eigenvalue weighted by Crippen LogP contribution is 2.11. The van der Waals surface area contributed by atoms with E-state index in [2.05, 4.69) is 52.9 Å². The van der Waals surface area contributed by atoms with E-state index >= 15 is 0 Å². The van der Waals surface area contributed by atoms with E-state index in [0.29, 0.717) is 0 Å². The minimum Gasteiger partial charge on any atom is -0.384 e. The molecule has 0 radical (unpaired) electrons. The molecule has 0 heterocycles. The van der Waals surface area contributed by atoms with Gasteiger partial charge in [-0.15, -0.1) is 0 Å². The first-order valence-electron chi connectivity index (χ1n) is 4.78. The molecule has 12 heavy (non-hydrogen) atoms. The zero-order chi connectivity index (χ0) is 9.78. The standard InChI is InChI=1S/C11H23N/c1-7-10(8-9(2)3)12-11(4,5)6/h7,9,12H,8H2,1-6H3/b10-7+. The summed E-state index contributed by atoms with van der Waals surface area (Å²) in [6, 6.07) is 0. The zero-order valence-corrected chi connectivity index (χ0v) is 9.36. The number of allylic oxidation sites excluding steroid dienone is 2. The lowest BCUT2D eigenvalue weighted by molar-refractivity contribution is 0.448. The molecule has 0 bridgehead atoms. The maximum atomic E-state index is 3.50. The van der Waals surface area contributed by atoms with Crippen molar-refractivity contribution in [2.75, 3.05) is 0 Å². The van der Waals surface area contributed by atoms with Gasteiger partial charge >= 0.3 is 0 Å². The molecule has 0 spiro atoms. The van der Waals surface area contributed by atoms with Gasteiger partial charge in [-0.2, -0.15) is 0 Å². The van der Waals surface area contributed by atoms with Crippen LogP contribution in [-0.4, -0.2) is 5.54 Å². The summed E-state index contributed by atoms with van der Waals surface area (Å²) in [7, 11) is 0. The summed E-state index contributed by atoms with van der Waals surface area (Å²) >= 11 is 0. The van der Waals surface area contributed by atoms with Gasteiger partial charge in [0.05, 0.1) is 0 Å². The maximum absolute atomic E-state index is 3.50.